The van der Waals surface area contributed by atoms with E-state index in [9.17, 15) is 10.1 Å². The van der Waals surface area contributed by atoms with Crippen molar-refractivity contribution in [2.24, 2.45) is 0 Å². The highest BCUT2D eigenvalue weighted by atomic mass is 16.4. The average Bonchev–Trinajstić information content (AvgIpc) is 3.27. The molecule has 0 bridgehead atoms. The number of carbonyl (C=O) groups excluding carboxylic acids is 1. The summed E-state index contributed by atoms with van der Waals surface area (Å²) >= 11 is 0. The smallest absolute Gasteiger partial charge is 0.256 e. The van der Waals surface area contributed by atoms with Gasteiger partial charge in [-0.25, -0.2) is 0 Å². The first-order valence-electron chi connectivity index (χ1n) is 8.59. The van der Waals surface area contributed by atoms with Gasteiger partial charge in [0.1, 0.15) is 23.0 Å². The van der Waals surface area contributed by atoms with Crippen LogP contribution in [0, 0.1) is 25.2 Å². The highest BCUT2D eigenvalue weighted by Gasteiger charge is 2.26. The third-order valence-corrected chi connectivity index (χ3v) is 4.44. The molecule has 1 N–H and O–H groups in total. The van der Waals surface area contributed by atoms with Gasteiger partial charge < -0.3 is 9.73 Å². The molecule has 26 heavy (non-hydrogen) atoms. The number of nitriles is 1. The van der Waals surface area contributed by atoms with Crippen LogP contribution in [0.1, 0.15) is 52.2 Å². The molecular weight excluding hydrogens is 326 g/mol. The van der Waals surface area contributed by atoms with E-state index in [-0.39, 0.29) is 17.5 Å². The van der Waals surface area contributed by atoms with E-state index >= 15 is 0 Å². The lowest BCUT2D eigenvalue weighted by molar-refractivity contribution is 0.0934. The van der Waals surface area contributed by atoms with E-state index in [2.05, 4.69) is 11.4 Å². The van der Waals surface area contributed by atoms with Crippen LogP contribution in [0.3, 0.4) is 0 Å². The zero-order valence-corrected chi connectivity index (χ0v) is 15.1. The quantitative estimate of drug-likeness (QED) is 0.742. The number of hydrogen-bond donors (Lipinski definition) is 1. The maximum absolute atomic E-state index is 12.9. The second kappa shape index (κ2) is 7.32. The zero-order chi connectivity index (χ0) is 18.7. The van der Waals surface area contributed by atoms with E-state index in [1.54, 1.807) is 23.9 Å². The summed E-state index contributed by atoms with van der Waals surface area (Å²) in [5, 5.41) is 12.6. The lowest BCUT2D eigenvalue weighted by Crippen LogP contribution is -2.29. The summed E-state index contributed by atoms with van der Waals surface area (Å²) in [7, 11) is 0. The van der Waals surface area contributed by atoms with Crippen molar-refractivity contribution in [1.82, 2.24) is 9.88 Å². The van der Waals surface area contributed by atoms with E-state index in [0.717, 1.165) is 12.0 Å². The fraction of sp³-hybridized carbons (Fsp3) is 0.238. The Labute approximate surface area is 152 Å². The molecule has 1 aromatic carbocycles. The topological polar surface area (TPSA) is 71.0 Å². The van der Waals surface area contributed by atoms with Crippen molar-refractivity contribution in [2.45, 2.75) is 33.2 Å². The molecule has 5 nitrogen and oxygen atoms in total. The van der Waals surface area contributed by atoms with Crippen LogP contribution in [0.15, 0.2) is 53.2 Å². The second-order valence-corrected chi connectivity index (χ2v) is 6.26. The van der Waals surface area contributed by atoms with Crippen molar-refractivity contribution in [2.75, 3.05) is 0 Å². The van der Waals surface area contributed by atoms with Gasteiger partial charge >= 0.3 is 0 Å². The highest BCUT2D eigenvalue weighted by molar-refractivity contribution is 5.98. The van der Waals surface area contributed by atoms with Gasteiger partial charge in [-0.2, -0.15) is 5.26 Å². The minimum Gasteiger partial charge on any atom is -0.443 e. The Bertz CT molecular complexity index is 945. The Morgan fingerprint density at radius 2 is 1.88 bits per heavy atom. The first kappa shape index (κ1) is 17.6. The summed E-state index contributed by atoms with van der Waals surface area (Å²) in [4.78, 5) is 12.9. The van der Waals surface area contributed by atoms with E-state index in [1.807, 2.05) is 50.2 Å². The van der Waals surface area contributed by atoms with E-state index in [4.69, 9.17) is 4.42 Å². The van der Waals surface area contributed by atoms with Crippen molar-refractivity contribution in [3.8, 4) is 12.0 Å². The number of rotatable bonds is 5. The summed E-state index contributed by atoms with van der Waals surface area (Å²) in [5.74, 6) is 0.499. The van der Waals surface area contributed by atoms with Crippen LogP contribution in [-0.4, -0.2) is 10.5 Å². The number of amides is 1. The molecule has 1 atom stereocenters. The van der Waals surface area contributed by atoms with Gasteiger partial charge in [-0.05, 0) is 38.0 Å². The minimum atomic E-state index is -0.298. The zero-order valence-electron chi connectivity index (χ0n) is 15.1. The molecule has 132 valence electrons. The van der Waals surface area contributed by atoms with Gasteiger partial charge in [-0.1, -0.05) is 36.8 Å². The monoisotopic (exact) mass is 347 g/mol. The van der Waals surface area contributed by atoms with Crippen LogP contribution in [0.5, 0.6) is 0 Å². The third kappa shape index (κ3) is 3.27. The predicted molar refractivity (Wildman–Crippen MR) is 99.2 cm³/mol. The average molecular weight is 347 g/mol. The molecule has 0 radical (unpaired) electrons. The number of furan rings is 1. The Morgan fingerprint density at radius 1 is 1.23 bits per heavy atom. The Morgan fingerprint density at radius 3 is 2.46 bits per heavy atom. The third-order valence-electron chi connectivity index (χ3n) is 4.44. The number of carbonyl (C=O) groups is 1. The number of aromatic nitrogens is 1. The standard InChI is InChI=1S/C21H21N3O2/c1-4-18(16-9-7-14(2)8-10-16)23-20(25)19-15(3)26-21(17(19)13-22)24-11-5-6-12-24/h5-12,18H,4H2,1-3H3,(H,23,25). The van der Waals surface area contributed by atoms with Crippen LogP contribution >= 0.6 is 0 Å². The highest BCUT2D eigenvalue weighted by Crippen LogP contribution is 2.26. The molecule has 0 saturated heterocycles. The van der Waals surface area contributed by atoms with Crippen molar-refractivity contribution in [3.05, 3.63) is 76.8 Å². The van der Waals surface area contributed by atoms with Crippen LogP contribution in [-0.2, 0) is 0 Å². The van der Waals surface area contributed by atoms with Gasteiger partial charge in [0.05, 0.1) is 6.04 Å². The Balaban J connectivity index is 1.92. The summed E-state index contributed by atoms with van der Waals surface area (Å²) < 4.78 is 7.41. The number of aryl methyl sites for hydroxylation is 2. The molecular formula is C21H21N3O2. The van der Waals surface area contributed by atoms with Gasteiger partial charge in [0.15, 0.2) is 0 Å². The van der Waals surface area contributed by atoms with E-state index in [1.165, 1.54) is 5.56 Å². The molecule has 0 aliphatic carbocycles. The molecule has 0 saturated carbocycles. The maximum Gasteiger partial charge on any atom is 0.256 e. The summed E-state index contributed by atoms with van der Waals surface area (Å²) in [5.41, 5.74) is 2.75. The van der Waals surface area contributed by atoms with Crippen molar-refractivity contribution < 1.29 is 9.21 Å². The molecule has 1 unspecified atom stereocenters. The fourth-order valence-electron chi connectivity index (χ4n) is 3.01. The van der Waals surface area contributed by atoms with Crippen molar-refractivity contribution >= 4 is 5.91 Å². The Kier molecular flexibility index (Phi) is 4.94. The van der Waals surface area contributed by atoms with Gasteiger partial charge in [-0.3, -0.25) is 9.36 Å². The first-order chi connectivity index (χ1) is 12.5. The van der Waals surface area contributed by atoms with Gasteiger partial charge in [0.2, 0.25) is 5.88 Å². The molecule has 0 aliphatic rings. The van der Waals surface area contributed by atoms with Crippen LogP contribution in [0.25, 0.3) is 5.88 Å². The number of nitrogens with zero attached hydrogens (tertiary/aromatic N) is 2. The molecule has 0 spiro atoms. The molecule has 5 heteroatoms. The van der Waals surface area contributed by atoms with Gasteiger partial charge in [-0.15, -0.1) is 0 Å². The molecule has 1 amide bonds. The minimum absolute atomic E-state index is 0.126. The lowest BCUT2D eigenvalue weighted by atomic mass is 10.0. The first-order valence-corrected chi connectivity index (χ1v) is 8.59. The Hall–Kier alpha value is -3.26. The maximum atomic E-state index is 12.9. The van der Waals surface area contributed by atoms with E-state index < -0.39 is 0 Å². The molecule has 3 aromatic rings. The number of benzene rings is 1. The number of hydrogen-bond acceptors (Lipinski definition) is 3. The normalized spacial score (nSPS) is 11.8. The second-order valence-electron chi connectivity index (χ2n) is 6.26. The predicted octanol–water partition coefficient (Wildman–Crippen LogP) is 4.44. The molecule has 2 aromatic heterocycles. The SMILES string of the molecule is CCC(NC(=O)c1c(C)oc(-n2cccc2)c1C#N)c1ccc(C)cc1. The summed E-state index contributed by atoms with van der Waals surface area (Å²) in [6, 6.07) is 13.7. The van der Waals surface area contributed by atoms with Gasteiger partial charge in [0.25, 0.3) is 5.91 Å². The molecule has 2 heterocycles. The van der Waals surface area contributed by atoms with Crippen molar-refractivity contribution in [3.63, 3.8) is 0 Å². The molecule has 3 rings (SSSR count). The van der Waals surface area contributed by atoms with Crippen LogP contribution in [0.2, 0.25) is 0 Å². The molecule has 0 fully saturated rings. The molecule has 0 aliphatic heterocycles. The lowest BCUT2D eigenvalue weighted by Gasteiger charge is -2.17. The number of nitrogens with one attached hydrogen (secondary N) is 1. The van der Waals surface area contributed by atoms with Crippen LogP contribution in [0.4, 0.5) is 0 Å². The fourth-order valence-corrected chi connectivity index (χ4v) is 3.01. The summed E-state index contributed by atoms with van der Waals surface area (Å²) in [6.07, 6.45) is 4.31. The summed E-state index contributed by atoms with van der Waals surface area (Å²) in [6.45, 7) is 5.75. The van der Waals surface area contributed by atoms with E-state index in [0.29, 0.717) is 17.2 Å². The van der Waals surface area contributed by atoms with Crippen LogP contribution < -0.4 is 5.32 Å². The largest absolute Gasteiger partial charge is 0.443 e. The van der Waals surface area contributed by atoms with Gasteiger partial charge in [0, 0.05) is 12.4 Å². The van der Waals surface area contributed by atoms with Crippen molar-refractivity contribution in [1.29, 1.82) is 5.26 Å².